The van der Waals surface area contributed by atoms with Gasteiger partial charge in [0, 0.05) is 5.56 Å². The average molecular weight is 307 g/mol. The minimum absolute atomic E-state index is 0.181. The number of nitrogens with one attached hydrogen (secondary N) is 1. The number of amides is 1. The highest BCUT2D eigenvalue weighted by atomic mass is 32.2. The summed E-state index contributed by atoms with van der Waals surface area (Å²) in [7, 11) is -8.13. The van der Waals surface area contributed by atoms with Crippen LogP contribution in [-0.2, 0) is 20.1 Å². The quantitative estimate of drug-likeness (QED) is 0.716. The van der Waals surface area contributed by atoms with Crippen LogP contribution in [0.4, 0.5) is 0 Å². The predicted molar refractivity (Wildman–Crippen MR) is 68.7 cm³/mol. The van der Waals surface area contributed by atoms with E-state index in [1.54, 1.807) is 18.2 Å². The van der Waals surface area contributed by atoms with Crippen molar-refractivity contribution in [2.45, 2.75) is 6.42 Å². The molecule has 0 aliphatic rings. The lowest BCUT2D eigenvalue weighted by molar-refractivity contribution is 0.0981. The van der Waals surface area contributed by atoms with Crippen molar-refractivity contribution in [2.75, 3.05) is 11.5 Å². The molecule has 0 bridgehead atoms. The SMILES string of the molecule is O=C(NS(=O)(=O)CCCS(=O)(=O)O)c1ccccc1. The third kappa shape index (κ3) is 6.32. The van der Waals surface area contributed by atoms with Gasteiger partial charge in [-0.05, 0) is 18.6 Å². The lowest BCUT2D eigenvalue weighted by atomic mass is 10.2. The highest BCUT2D eigenvalue weighted by Crippen LogP contribution is 2.00. The van der Waals surface area contributed by atoms with Crippen LogP contribution in [0.3, 0.4) is 0 Å². The molecule has 0 aliphatic carbocycles. The summed E-state index contributed by atoms with van der Waals surface area (Å²) in [5.74, 6) is -2.02. The van der Waals surface area contributed by atoms with Crippen LogP contribution in [0.1, 0.15) is 16.8 Å². The Morgan fingerprint density at radius 2 is 1.63 bits per heavy atom. The fourth-order valence-corrected chi connectivity index (χ4v) is 2.99. The van der Waals surface area contributed by atoms with E-state index in [1.807, 2.05) is 4.72 Å². The molecular weight excluding hydrogens is 294 g/mol. The summed E-state index contributed by atoms with van der Waals surface area (Å²) in [5, 5.41) is 0. The number of benzene rings is 1. The summed E-state index contributed by atoms with van der Waals surface area (Å²) in [6, 6.07) is 7.74. The van der Waals surface area contributed by atoms with Crippen LogP contribution in [0.2, 0.25) is 0 Å². The Bertz CT molecular complexity index is 636. The van der Waals surface area contributed by atoms with E-state index in [1.165, 1.54) is 12.1 Å². The Kier molecular flexibility index (Phi) is 5.04. The predicted octanol–water partition coefficient (Wildman–Crippen LogP) is 0.0241. The van der Waals surface area contributed by atoms with Crippen LogP contribution >= 0.6 is 0 Å². The standard InChI is InChI=1S/C10H13NO6S2/c12-10(9-5-2-1-3-6-9)11-18(13,14)7-4-8-19(15,16)17/h1-3,5-6H,4,7-8H2,(H,11,12)(H,15,16,17). The van der Waals surface area contributed by atoms with Gasteiger partial charge >= 0.3 is 0 Å². The van der Waals surface area contributed by atoms with Gasteiger partial charge in [-0.1, -0.05) is 18.2 Å². The maximum Gasteiger partial charge on any atom is 0.264 e. The van der Waals surface area contributed by atoms with E-state index >= 15 is 0 Å². The summed E-state index contributed by atoms with van der Waals surface area (Å²) in [6.07, 6.45) is -0.295. The number of carbonyl (C=O) groups is 1. The van der Waals surface area contributed by atoms with Crippen molar-refractivity contribution < 1.29 is 26.2 Å². The van der Waals surface area contributed by atoms with Crippen molar-refractivity contribution in [1.29, 1.82) is 0 Å². The first-order valence-electron chi connectivity index (χ1n) is 5.25. The van der Waals surface area contributed by atoms with Crippen molar-refractivity contribution in [3.8, 4) is 0 Å². The molecule has 2 N–H and O–H groups in total. The monoisotopic (exact) mass is 307 g/mol. The first kappa shape index (κ1) is 15.6. The van der Waals surface area contributed by atoms with E-state index in [0.29, 0.717) is 0 Å². The fourth-order valence-electron chi connectivity index (χ4n) is 1.27. The highest BCUT2D eigenvalue weighted by Gasteiger charge is 2.17. The smallest absolute Gasteiger partial charge is 0.264 e. The number of sulfonamides is 1. The topological polar surface area (TPSA) is 118 Å². The summed E-state index contributed by atoms with van der Waals surface area (Å²) in [6.45, 7) is 0. The molecule has 0 unspecified atom stereocenters. The Hall–Kier alpha value is -1.45. The van der Waals surface area contributed by atoms with Crippen LogP contribution in [0.25, 0.3) is 0 Å². The summed E-state index contributed by atoms with van der Waals surface area (Å²) >= 11 is 0. The van der Waals surface area contributed by atoms with Gasteiger partial charge < -0.3 is 0 Å². The van der Waals surface area contributed by atoms with Crippen molar-refractivity contribution in [1.82, 2.24) is 4.72 Å². The van der Waals surface area contributed by atoms with Gasteiger partial charge in [-0.15, -0.1) is 0 Å². The molecule has 0 spiro atoms. The van der Waals surface area contributed by atoms with E-state index in [2.05, 4.69) is 0 Å². The number of hydrogen-bond acceptors (Lipinski definition) is 5. The lowest BCUT2D eigenvalue weighted by Crippen LogP contribution is -2.33. The molecule has 1 rings (SSSR count). The van der Waals surface area contributed by atoms with Crippen molar-refractivity contribution in [3.05, 3.63) is 35.9 Å². The first-order valence-corrected chi connectivity index (χ1v) is 8.51. The second-order valence-corrected chi connectivity index (χ2v) is 7.17. The molecule has 0 radical (unpaired) electrons. The van der Waals surface area contributed by atoms with Gasteiger partial charge in [-0.2, -0.15) is 8.42 Å². The van der Waals surface area contributed by atoms with Gasteiger partial charge in [0.25, 0.3) is 16.0 Å². The van der Waals surface area contributed by atoms with E-state index in [4.69, 9.17) is 4.55 Å². The first-order chi connectivity index (χ1) is 8.70. The molecule has 0 saturated heterocycles. The molecule has 0 aliphatic heterocycles. The van der Waals surface area contributed by atoms with Gasteiger partial charge in [0.2, 0.25) is 10.0 Å². The highest BCUT2D eigenvalue weighted by molar-refractivity contribution is 7.90. The molecule has 19 heavy (non-hydrogen) atoms. The molecule has 0 heterocycles. The summed E-state index contributed by atoms with van der Waals surface area (Å²) < 4.78 is 54.1. The summed E-state index contributed by atoms with van der Waals surface area (Å²) in [4.78, 5) is 11.6. The molecule has 1 amide bonds. The largest absolute Gasteiger partial charge is 0.286 e. The molecule has 1 aromatic rings. The Morgan fingerprint density at radius 1 is 1.05 bits per heavy atom. The molecule has 9 heteroatoms. The van der Waals surface area contributed by atoms with Crippen molar-refractivity contribution in [3.63, 3.8) is 0 Å². The zero-order chi connectivity index (χ0) is 14.5. The fraction of sp³-hybridized carbons (Fsp3) is 0.300. The maximum atomic E-state index is 11.6. The maximum absolute atomic E-state index is 11.6. The van der Waals surface area contributed by atoms with Crippen molar-refractivity contribution in [2.24, 2.45) is 0 Å². The molecule has 0 fully saturated rings. The third-order valence-corrected chi connectivity index (χ3v) is 4.23. The number of rotatable bonds is 6. The Morgan fingerprint density at radius 3 is 2.16 bits per heavy atom. The third-order valence-electron chi connectivity index (χ3n) is 2.10. The second-order valence-electron chi connectivity index (χ2n) is 3.76. The van der Waals surface area contributed by atoms with Gasteiger partial charge in [0.15, 0.2) is 0 Å². The lowest BCUT2D eigenvalue weighted by Gasteiger charge is -2.06. The zero-order valence-corrected chi connectivity index (χ0v) is 11.4. The minimum atomic E-state index is -4.20. The van der Waals surface area contributed by atoms with Crippen LogP contribution in [-0.4, -0.2) is 38.8 Å². The summed E-state index contributed by atoms with van der Waals surface area (Å²) in [5.41, 5.74) is 0.181. The van der Waals surface area contributed by atoms with E-state index in [0.717, 1.165) is 0 Å². The van der Waals surface area contributed by atoms with Gasteiger partial charge in [-0.3, -0.25) is 9.35 Å². The molecule has 106 valence electrons. The Labute approximate surface area is 111 Å². The van der Waals surface area contributed by atoms with E-state index in [9.17, 15) is 21.6 Å². The molecule has 0 saturated carbocycles. The van der Waals surface area contributed by atoms with Crippen LogP contribution in [0, 0.1) is 0 Å². The Balaban J connectivity index is 2.58. The van der Waals surface area contributed by atoms with Gasteiger partial charge in [-0.25, -0.2) is 13.1 Å². The van der Waals surface area contributed by atoms with Gasteiger partial charge in [0.05, 0.1) is 11.5 Å². The van der Waals surface area contributed by atoms with Crippen LogP contribution in [0.15, 0.2) is 30.3 Å². The molecule has 7 nitrogen and oxygen atoms in total. The molecule has 1 aromatic carbocycles. The van der Waals surface area contributed by atoms with E-state index < -0.39 is 37.6 Å². The number of carbonyl (C=O) groups excluding carboxylic acids is 1. The van der Waals surface area contributed by atoms with Crippen LogP contribution in [0.5, 0.6) is 0 Å². The zero-order valence-electron chi connectivity index (χ0n) is 9.81. The average Bonchev–Trinajstić information content (AvgIpc) is 2.27. The number of hydrogen-bond donors (Lipinski definition) is 2. The second kappa shape index (κ2) is 6.13. The van der Waals surface area contributed by atoms with Crippen molar-refractivity contribution >= 4 is 26.0 Å². The van der Waals surface area contributed by atoms with E-state index in [-0.39, 0.29) is 12.0 Å². The molecular formula is C10H13NO6S2. The molecule has 0 aromatic heterocycles. The van der Waals surface area contributed by atoms with Gasteiger partial charge in [0.1, 0.15) is 0 Å². The van der Waals surface area contributed by atoms with Crippen LogP contribution < -0.4 is 4.72 Å². The normalized spacial score (nSPS) is 12.1. The minimum Gasteiger partial charge on any atom is -0.286 e. The molecule has 0 atom stereocenters.